The Labute approximate surface area is 105 Å². The SMILES string of the molecule is Cc1cccc(N2C(=O)O[C@H]3CS(=O)(=O)C[C@H]32)c1. The van der Waals surface area contributed by atoms with Crippen LogP contribution in [0.3, 0.4) is 0 Å². The highest BCUT2D eigenvalue weighted by Crippen LogP contribution is 2.32. The highest BCUT2D eigenvalue weighted by atomic mass is 32.2. The van der Waals surface area contributed by atoms with Crippen LogP contribution < -0.4 is 4.90 Å². The first-order chi connectivity index (χ1) is 8.46. The molecule has 0 saturated carbocycles. The van der Waals surface area contributed by atoms with E-state index in [1.807, 2.05) is 25.1 Å². The van der Waals surface area contributed by atoms with E-state index >= 15 is 0 Å². The van der Waals surface area contributed by atoms with Gasteiger partial charge in [-0.25, -0.2) is 13.2 Å². The number of hydrogen-bond donors (Lipinski definition) is 0. The van der Waals surface area contributed by atoms with Crippen molar-refractivity contribution in [2.45, 2.75) is 19.1 Å². The first-order valence-corrected chi connectivity index (χ1v) is 7.55. The molecule has 5 nitrogen and oxygen atoms in total. The van der Waals surface area contributed by atoms with Gasteiger partial charge in [0.2, 0.25) is 0 Å². The molecule has 2 fully saturated rings. The van der Waals surface area contributed by atoms with Crippen LogP contribution in [-0.2, 0) is 14.6 Å². The molecule has 1 aromatic rings. The van der Waals surface area contributed by atoms with Crippen molar-refractivity contribution in [3.05, 3.63) is 29.8 Å². The predicted molar refractivity (Wildman–Crippen MR) is 66.4 cm³/mol. The monoisotopic (exact) mass is 267 g/mol. The Morgan fingerprint density at radius 1 is 1.33 bits per heavy atom. The number of carbonyl (C=O) groups excluding carboxylic acids is 1. The Bertz CT molecular complexity index is 610. The van der Waals surface area contributed by atoms with E-state index < -0.39 is 22.0 Å². The largest absolute Gasteiger partial charge is 0.442 e. The summed E-state index contributed by atoms with van der Waals surface area (Å²) in [5.74, 6) is -0.0803. The molecular formula is C12H13NO4S. The topological polar surface area (TPSA) is 63.7 Å². The standard InChI is InChI=1S/C12H13NO4S/c1-8-3-2-4-9(5-8)13-10-6-18(15,16)7-11(10)17-12(13)14/h2-5,10-11H,6-7H2,1H3/t10-,11+/m1/s1. The van der Waals surface area contributed by atoms with Crippen molar-refractivity contribution >= 4 is 21.6 Å². The van der Waals surface area contributed by atoms with Crippen LogP contribution in [0.2, 0.25) is 0 Å². The van der Waals surface area contributed by atoms with Crippen LogP contribution in [-0.4, -0.2) is 38.2 Å². The van der Waals surface area contributed by atoms with Crippen molar-refractivity contribution in [2.24, 2.45) is 0 Å². The van der Waals surface area contributed by atoms with E-state index in [4.69, 9.17) is 4.74 Å². The van der Waals surface area contributed by atoms with Crippen molar-refractivity contribution in [3.8, 4) is 0 Å². The van der Waals surface area contributed by atoms with Gasteiger partial charge in [-0.3, -0.25) is 4.90 Å². The normalized spacial score (nSPS) is 29.2. The molecule has 96 valence electrons. The fraction of sp³-hybridized carbons (Fsp3) is 0.417. The molecule has 18 heavy (non-hydrogen) atoms. The van der Waals surface area contributed by atoms with Crippen LogP contribution in [0.1, 0.15) is 5.56 Å². The Morgan fingerprint density at radius 2 is 2.11 bits per heavy atom. The maximum Gasteiger partial charge on any atom is 0.415 e. The molecule has 2 saturated heterocycles. The molecule has 2 heterocycles. The number of aryl methyl sites for hydroxylation is 1. The molecule has 6 heteroatoms. The smallest absolute Gasteiger partial charge is 0.415 e. The van der Waals surface area contributed by atoms with Gasteiger partial charge in [0.05, 0.1) is 17.5 Å². The zero-order valence-electron chi connectivity index (χ0n) is 9.87. The van der Waals surface area contributed by atoms with Crippen LogP contribution in [0.25, 0.3) is 0 Å². The quantitative estimate of drug-likeness (QED) is 0.765. The fourth-order valence-corrected chi connectivity index (χ4v) is 4.36. The second kappa shape index (κ2) is 3.71. The molecule has 2 aliphatic rings. The Balaban J connectivity index is 1.99. The Kier molecular flexibility index (Phi) is 2.38. The maximum atomic E-state index is 11.8. The molecular weight excluding hydrogens is 254 g/mol. The van der Waals surface area contributed by atoms with Crippen LogP contribution in [0, 0.1) is 6.92 Å². The molecule has 0 bridgehead atoms. The lowest BCUT2D eigenvalue weighted by Crippen LogP contribution is -2.36. The summed E-state index contributed by atoms with van der Waals surface area (Å²) >= 11 is 0. The third-order valence-corrected chi connectivity index (χ3v) is 5.02. The van der Waals surface area contributed by atoms with E-state index in [0.717, 1.165) is 5.56 Å². The number of rotatable bonds is 1. The molecule has 2 atom stereocenters. The summed E-state index contributed by atoms with van der Waals surface area (Å²) in [4.78, 5) is 13.3. The number of anilines is 1. The minimum absolute atomic E-state index is 0.0165. The van der Waals surface area contributed by atoms with E-state index in [0.29, 0.717) is 5.69 Å². The van der Waals surface area contributed by atoms with Crippen molar-refractivity contribution in [1.29, 1.82) is 0 Å². The summed E-state index contributed by atoms with van der Waals surface area (Å²) in [6.07, 6.45) is -0.978. The lowest BCUT2D eigenvalue weighted by Gasteiger charge is -2.19. The van der Waals surface area contributed by atoms with Crippen molar-refractivity contribution < 1.29 is 17.9 Å². The highest BCUT2D eigenvalue weighted by molar-refractivity contribution is 7.91. The second-order valence-electron chi connectivity index (χ2n) is 4.78. The summed E-state index contributed by atoms with van der Waals surface area (Å²) in [7, 11) is -3.10. The van der Waals surface area contributed by atoms with E-state index in [-0.39, 0.29) is 17.5 Å². The molecule has 0 N–H and O–H groups in total. The van der Waals surface area contributed by atoms with Crippen LogP contribution in [0.15, 0.2) is 24.3 Å². The zero-order valence-corrected chi connectivity index (χ0v) is 10.7. The molecule has 2 aliphatic heterocycles. The molecule has 1 aromatic carbocycles. The van der Waals surface area contributed by atoms with Gasteiger partial charge in [0.25, 0.3) is 0 Å². The van der Waals surface area contributed by atoms with Gasteiger partial charge in [0.15, 0.2) is 9.84 Å². The minimum atomic E-state index is -3.10. The van der Waals surface area contributed by atoms with Crippen LogP contribution in [0.5, 0.6) is 0 Å². The van der Waals surface area contributed by atoms with Gasteiger partial charge in [-0.1, -0.05) is 12.1 Å². The predicted octanol–water partition coefficient (Wildman–Crippen LogP) is 1.12. The van der Waals surface area contributed by atoms with Crippen molar-refractivity contribution in [3.63, 3.8) is 0 Å². The van der Waals surface area contributed by atoms with E-state index in [1.165, 1.54) is 4.90 Å². The number of fused-ring (bicyclic) bond motifs is 1. The van der Waals surface area contributed by atoms with Crippen molar-refractivity contribution in [2.75, 3.05) is 16.4 Å². The average Bonchev–Trinajstić information content (AvgIpc) is 2.68. The number of amides is 1. The van der Waals surface area contributed by atoms with Gasteiger partial charge >= 0.3 is 6.09 Å². The molecule has 0 spiro atoms. The van der Waals surface area contributed by atoms with Gasteiger partial charge in [0, 0.05) is 5.69 Å². The zero-order chi connectivity index (χ0) is 12.9. The van der Waals surface area contributed by atoms with Gasteiger partial charge in [-0.15, -0.1) is 0 Å². The summed E-state index contributed by atoms with van der Waals surface area (Å²) in [6.45, 7) is 1.92. The molecule has 0 radical (unpaired) electrons. The third-order valence-electron chi connectivity index (χ3n) is 3.33. The van der Waals surface area contributed by atoms with Gasteiger partial charge < -0.3 is 4.74 Å². The Hall–Kier alpha value is -1.56. The number of carbonyl (C=O) groups is 1. The third kappa shape index (κ3) is 1.77. The molecule has 0 unspecified atom stereocenters. The first kappa shape index (κ1) is 11.5. The lowest BCUT2D eigenvalue weighted by molar-refractivity contribution is 0.147. The molecule has 3 rings (SSSR count). The van der Waals surface area contributed by atoms with Crippen molar-refractivity contribution in [1.82, 2.24) is 0 Å². The minimum Gasteiger partial charge on any atom is -0.442 e. The summed E-state index contributed by atoms with van der Waals surface area (Å²) in [5, 5.41) is 0. The van der Waals surface area contributed by atoms with E-state index in [1.54, 1.807) is 6.07 Å². The number of ether oxygens (including phenoxy) is 1. The highest BCUT2D eigenvalue weighted by Gasteiger charge is 2.51. The lowest BCUT2D eigenvalue weighted by atomic mass is 10.1. The van der Waals surface area contributed by atoms with E-state index in [2.05, 4.69) is 0 Å². The van der Waals surface area contributed by atoms with Gasteiger partial charge in [-0.2, -0.15) is 0 Å². The maximum absolute atomic E-state index is 11.8. The molecule has 0 aliphatic carbocycles. The van der Waals surface area contributed by atoms with Gasteiger partial charge in [0.1, 0.15) is 6.10 Å². The second-order valence-corrected chi connectivity index (χ2v) is 6.93. The number of hydrogen-bond acceptors (Lipinski definition) is 4. The first-order valence-electron chi connectivity index (χ1n) is 5.73. The molecule has 0 aromatic heterocycles. The number of nitrogens with zero attached hydrogens (tertiary/aromatic N) is 1. The summed E-state index contributed by atoms with van der Waals surface area (Å²) in [5.41, 5.74) is 1.72. The fourth-order valence-electron chi connectivity index (χ4n) is 2.55. The number of benzene rings is 1. The van der Waals surface area contributed by atoms with Crippen LogP contribution in [0.4, 0.5) is 10.5 Å². The summed E-state index contributed by atoms with van der Waals surface area (Å²) in [6, 6.07) is 7.03. The average molecular weight is 267 g/mol. The van der Waals surface area contributed by atoms with Crippen LogP contribution >= 0.6 is 0 Å². The van der Waals surface area contributed by atoms with E-state index in [9.17, 15) is 13.2 Å². The number of sulfone groups is 1. The van der Waals surface area contributed by atoms with Gasteiger partial charge in [-0.05, 0) is 24.6 Å². The molecule has 1 amide bonds. The Morgan fingerprint density at radius 3 is 2.83 bits per heavy atom. The summed E-state index contributed by atoms with van der Waals surface area (Å²) < 4.78 is 28.3.